The number of hydrogen-bond donors (Lipinski definition) is 2. The van der Waals surface area contributed by atoms with Crippen LogP contribution in [0.15, 0.2) is 48.5 Å². The second-order valence-corrected chi connectivity index (χ2v) is 6.10. The summed E-state index contributed by atoms with van der Waals surface area (Å²) in [6.07, 6.45) is 0. The van der Waals surface area contributed by atoms with E-state index in [4.69, 9.17) is 28.5 Å². The molecule has 0 aliphatic carbocycles. The lowest BCUT2D eigenvalue weighted by molar-refractivity contribution is 1.11. The SMILES string of the molecule is Cc1cc(Nc2ccc(Cl)c(Cl)c2)nc(Nc2cccc(C#N)c2)n1. The van der Waals surface area contributed by atoms with Crippen LogP contribution < -0.4 is 10.6 Å². The molecule has 0 spiro atoms. The molecule has 124 valence electrons. The Morgan fingerprint density at radius 3 is 2.48 bits per heavy atom. The number of nitrogens with zero attached hydrogens (tertiary/aromatic N) is 3. The Kier molecular flexibility index (Phi) is 5.03. The van der Waals surface area contributed by atoms with E-state index in [0.29, 0.717) is 27.4 Å². The van der Waals surface area contributed by atoms with Crippen LogP contribution in [0.4, 0.5) is 23.1 Å². The Bertz CT molecular complexity index is 966. The predicted molar refractivity (Wildman–Crippen MR) is 101 cm³/mol. The molecule has 3 rings (SSSR count). The zero-order chi connectivity index (χ0) is 17.8. The maximum atomic E-state index is 8.98. The Labute approximate surface area is 155 Å². The third kappa shape index (κ3) is 4.38. The van der Waals surface area contributed by atoms with E-state index < -0.39 is 0 Å². The Morgan fingerprint density at radius 1 is 0.920 bits per heavy atom. The predicted octanol–water partition coefficient (Wildman–Crippen LogP) is 5.45. The molecule has 0 fully saturated rings. The van der Waals surface area contributed by atoms with Gasteiger partial charge in [0.05, 0.1) is 21.7 Å². The third-order valence-electron chi connectivity index (χ3n) is 3.29. The van der Waals surface area contributed by atoms with Crippen LogP contribution >= 0.6 is 23.2 Å². The minimum Gasteiger partial charge on any atom is -0.340 e. The summed E-state index contributed by atoms with van der Waals surface area (Å²) in [6, 6.07) is 16.3. The fraction of sp³-hybridized carbons (Fsp3) is 0.0556. The van der Waals surface area contributed by atoms with Crippen LogP contribution in [0.25, 0.3) is 0 Å². The van der Waals surface area contributed by atoms with Gasteiger partial charge >= 0.3 is 0 Å². The molecule has 0 radical (unpaired) electrons. The average Bonchev–Trinajstić information content (AvgIpc) is 2.58. The number of anilines is 4. The van der Waals surface area contributed by atoms with Gasteiger partial charge in [0.2, 0.25) is 5.95 Å². The molecule has 0 aliphatic rings. The number of aromatic nitrogens is 2. The fourth-order valence-electron chi connectivity index (χ4n) is 2.21. The number of benzene rings is 2. The maximum absolute atomic E-state index is 8.98. The first-order chi connectivity index (χ1) is 12.0. The molecular formula is C18H13Cl2N5. The van der Waals surface area contributed by atoms with Crippen LogP contribution in [0.2, 0.25) is 10.0 Å². The quantitative estimate of drug-likeness (QED) is 0.639. The highest BCUT2D eigenvalue weighted by Crippen LogP contribution is 2.27. The van der Waals surface area contributed by atoms with E-state index in [9.17, 15) is 0 Å². The molecule has 0 bridgehead atoms. The number of halogens is 2. The maximum Gasteiger partial charge on any atom is 0.229 e. The minimum absolute atomic E-state index is 0.428. The van der Waals surface area contributed by atoms with Gasteiger partial charge in [-0.1, -0.05) is 29.3 Å². The fourth-order valence-corrected chi connectivity index (χ4v) is 2.50. The molecule has 0 amide bonds. The molecule has 1 heterocycles. The van der Waals surface area contributed by atoms with Gasteiger partial charge in [-0.3, -0.25) is 0 Å². The molecule has 2 aromatic carbocycles. The normalized spacial score (nSPS) is 10.2. The highest BCUT2D eigenvalue weighted by molar-refractivity contribution is 6.42. The second-order valence-electron chi connectivity index (χ2n) is 5.29. The average molecular weight is 370 g/mol. The van der Waals surface area contributed by atoms with E-state index in [2.05, 4.69) is 26.7 Å². The molecule has 1 aromatic heterocycles. The van der Waals surface area contributed by atoms with Crippen molar-refractivity contribution in [2.24, 2.45) is 0 Å². The van der Waals surface area contributed by atoms with Gasteiger partial charge in [-0.05, 0) is 43.3 Å². The molecule has 5 nitrogen and oxygen atoms in total. The monoisotopic (exact) mass is 369 g/mol. The van der Waals surface area contributed by atoms with Crippen LogP contribution in [0.1, 0.15) is 11.3 Å². The van der Waals surface area contributed by atoms with Gasteiger partial charge < -0.3 is 10.6 Å². The Balaban J connectivity index is 1.84. The van der Waals surface area contributed by atoms with Crippen LogP contribution in [0.5, 0.6) is 0 Å². The Morgan fingerprint density at radius 2 is 1.72 bits per heavy atom. The molecular weight excluding hydrogens is 357 g/mol. The lowest BCUT2D eigenvalue weighted by Gasteiger charge is -2.10. The minimum atomic E-state index is 0.428. The van der Waals surface area contributed by atoms with E-state index in [1.54, 1.807) is 30.3 Å². The Hall–Kier alpha value is -2.81. The molecule has 0 aliphatic heterocycles. The van der Waals surface area contributed by atoms with E-state index in [0.717, 1.165) is 17.1 Å². The number of nitriles is 1. The summed E-state index contributed by atoms with van der Waals surface area (Å²) in [5.74, 6) is 1.04. The third-order valence-corrected chi connectivity index (χ3v) is 4.03. The zero-order valence-electron chi connectivity index (χ0n) is 13.2. The van der Waals surface area contributed by atoms with E-state index in [1.807, 2.05) is 25.1 Å². The van der Waals surface area contributed by atoms with Gasteiger partial charge in [-0.2, -0.15) is 10.2 Å². The summed E-state index contributed by atoms with van der Waals surface area (Å²) in [7, 11) is 0. The highest BCUT2D eigenvalue weighted by atomic mass is 35.5. The summed E-state index contributed by atoms with van der Waals surface area (Å²) in [5.41, 5.74) is 2.86. The zero-order valence-corrected chi connectivity index (χ0v) is 14.7. The lowest BCUT2D eigenvalue weighted by atomic mass is 10.2. The molecule has 0 saturated heterocycles. The second kappa shape index (κ2) is 7.39. The molecule has 25 heavy (non-hydrogen) atoms. The van der Waals surface area contributed by atoms with Crippen molar-refractivity contribution < 1.29 is 0 Å². The smallest absolute Gasteiger partial charge is 0.229 e. The molecule has 7 heteroatoms. The van der Waals surface area contributed by atoms with E-state index in [-0.39, 0.29) is 0 Å². The summed E-state index contributed by atoms with van der Waals surface area (Å²) in [6.45, 7) is 1.87. The topological polar surface area (TPSA) is 73.6 Å². The van der Waals surface area contributed by atoms with Crippen LogP contribution in [0, 0.1) is 18.3 Å². The number of hydrogen-bond acceptors (Lipinski definition) is 5. The van der Waals surface area contributed by atoms with Crippen LogP contribution in [-0.2, 0) is 0 Å². The van der Waals surface area contributed by atoms with Crippen LogP contribution in [-0.4, -0.2) is 9.97 Å². The molecule has 0 unspecified atom stereocenters. The summed E-state index contributed by atoms with van der Waals surface area (Å²) >= 11 is 12.0. The number of rotatable bonds is 4. The van der Waals surface area contributed by atoms with Crippen molar-refractivity contribution in [2.75, 3.05) is 10.6 Å². The van der Waals surface area contributed by atoms with Gasteiger partial charge in [0.15, 0.2) is 0 Å². The van der Waals surface area contributed by atoms with Crippen molar-refractivity contribution in [3.8, 4) is 6.07 Å². The van der Waals surface area contributed by atoms with E-state index in [1.165, 1.54) is 0 Å². The van der Waals surface area contributed by atoms with Crippen molar-refractivity contribution in [3.05, 3.63) is 69.8 Å². The first-order valence-corrected chi connectivity index (χ1v) is 8.14. The summed E-state index contributed by atoms with van der Waals surface area (Å²) in [4.78, 5) is 8.81. The summed E-state index contributed by atoms with van der Waals surface area (Å²) in [5, 5.41) is 16.2. The van der Waals surface area contributed by atoms with Crippen molar-refractivity contribution in [2.45, 2.75) is 6.92 Å². The van der Waals surface area contributed by atoms with Crippen molar-refractivity contribution in [3.63, 3.8) is 0 Å². The van der Waals surface area contributed by atoms with Crippen molar-refractivity contribution in [1.82, 2.24) is 9.97 Å². The molecule has 0 saturated carbocycles. The first-order valence-electron chi connectivity index (χ1n) is 7.38. The largest absolute Gasteiger partial charge is 0.340 e. The molecule has 0 atom stereocenters. The number of aryl methyl sites for hydroxylation is 1. The molecule has 3 aromatic rings. The standard InChI is InChI=1S/C18H13Cl2N5/c1-11-7-17(23-14-5-6-15(19)16(20)9-14)25-18(22-11)24-13-4-2-3-12(8-13)10-21/h2-9H,1H3,(H2,22,23,24,25). The van der Waals surface area contributed by atoms with E-state index >= 15 is 0 Å². The van der Waals surface area contributed by atoms with Gasteiger partial charge in [-0.25, -0.2) is 4.98 Å². The van der Waals surface area contributed by atoms with Crippen LogP contribution in [0.3, 0.4) is 0 Å². The van der Waals surface area contributed by atoms with Gasteiger partial charge in [0, 0.05) is 23.1 Å². The molecule has 2 N–H and O–H groups in total. The number of nitrogens with one attached hydrogen (secondary N) is 2. The summed E-state index contributed by atoms with van der Waals surface area (Å²) < 4.78 is 0. The highest BCUT2D eigenvalue weighted by Gasteiger charge is 2.06. The lowest BCUT2D eigenvalue weighted by Crippen LogP contribution is -2.02. The van der Waals surface area contributed by atoms with Gasteiger partial charge in [-0.15, -0.1) is 0 Å². The van der Waals surface area contributed by atoms with Gasteiger partial charge in [0.25, 0.3) is 0 Å². The first kappa shape index (κ1) is 17.0. The van der Waals surface area contributed by atoms with Gasteiger partial charge in [0.1, 0.15) is 5.82 Å². The van der Waals surface area contributed by atoms with Crippen molar-refractivity contribution in [1.29, 1.82) is 5.26 Å². The van der Waals surface area contributed by atoms with Crippen molar-refractivity contribution >= 4 is 46.3 Å².